The predicted molar refractivity (Wildman–Crippen MR) is 94.3 cm³/mol. The van der Waals surface area contributed by atoms with Gasteiger partial charge in [-0.25, -0.2) is 14.3 Å². The molecule has 0 fully saturated rings. The fourth-order valence-electron chi connectivity index (χ4n) is 2.91. The fourth-order valence-corrected chi connectivity index (χ4v) is 2.91. The van der Waals surface area contributed by atoms with Crippen LogP contribution in [-0.2, 0) is 20.7 Å². The van der Waals surface area contributed by atoms with Crippen LogP contribution in [-0.4, -0.2) is 39.6 Å². The Morgan fingerprint density at radius 2 is 1.96 bits per heavy atom. The van der Waals surface area contributed by atoms with Crippen LogP contribution in [0.4, 0.5) is 0 Å². The Labute approximate surface area is 147 Å². The van der Waals surface area contributed by atoms with Gasteiger partial charge in [0, 0.05) is 23.9 Å². The van der Waals surface area contributed by atoms with Crippen LogP contribution in [0.25, 0.3) is 5.65 Å². The maximum absolute atomic E-state index is 12.3. The Morgan fingerprint density at radius 1 is 1.28 bits per heavy atom. The molecule has 7 heteroatoms. The van der Waals surface area contributed by atoms with Crippen molar-refractivity contribution in [3.63, 3.8) is 0 Å². The van der Waals surface area contributed by atoms with Gasteiger partial charge in [0.1, 0.15) is 6.04 Å². The van der Waals surface area contributed by atoms with Gasteiger partial charge >= 0.3 is 5.97 Å². The first kappa shape index (κ1) is 18.9. The summed E-state index contributed by atoms with van der Waals surface area (Å²) in [6.07, 6.45) is 0.812. The van der Waals surface area contributed by atoms with Crippen molar-refractivity contribution in [1.82, 2.24) is 19.9 Å². The van der Waals surface area contributed by atoms with Gasteiger partial charge in [-0.1, -0.05) is 13.8 Å². The molecule has 0 saturated carbocycles. The van der Waals surface area contributed by atoms with E-state index in [0.717, 1.165) is 28.3 Å². The minimum atomic E-state index is -0.630. The Bertz CT molecular complexity index is 795. The second kappa shape index (κ2) is 7.63. The van der Waals surface area contributed by atoms with E-state index in [1.165, 1.54) is 7.11 Å². The van der Waals surface area contributed by atoms with Crippen molar-refractivity contribution < 1.29 is 14.3 Å². The van der Waals surface area contributed by atoms with E-state index in [9.17, 15) is 9.59 Å². The van der Waals surface area contributed by atoms with Gasteiger partial charge in [-0.05, 0) is 38.7 Å². The smallest absolute Gasteiger partial charge is 0.328 e. The Balaban J connectivity index is 2.11. The number of fused-ring (bicyclic) bond motifs is 1. The lowest BCUT2D eigenvalue weighted by Gasteiger charge is -2.20. The molecule has 1 N–H and O–H groups in total. The number of nitrogens with one attached hydrogen (secondary N) is 1. The standard InChI is InChI=1S/C18H26N4O3/c1-10(2)17(18(24)25-6)20-16(23)8-7-14-12(4)19-15-9-11(3)21-22(15)13(14)5/h9-10,17H,7-8H2,1-6H3,(H,20,23)/t17-/m0/s1. The van der Waals surface area contributed by atoms with Crippen LogP contribution in [0.2, 0.25) is 0 Å². The maximum Gasteiger partial charge on any atom is 0.328 e. The van der Waals surface area contributed by atoms with Gasteiger partial charge < -0.3 is 10.1 Å². The van der Waals surface area contributed by atoms with E-state index in [4.69, 9.17) is 4.74 Å². The molecule has 0 aliphatic carbocycles. The van der Waals surface area contributed by atoms with Crippen LogP contribution in [0.5, 0.6) is 0 Å². The van der Waals surface area contributed by atoms with Gasteiger partial charge in [0.25, 0.3) is 0 Å². The first-order valence-electron chi connectivity index (χ1n) is 8.44. The summed E-state index contributed by atoms with van der Waals surface area (Å²) in [5, 5.41) is 7.20. The third-order valence-electron chi connectivity index (χ3n) is 4.33. The molecule has 0 radical (unpaired) electrons. The van der Waals surface area contributed by atoms with Gasteiger partial charge in [-0.15, -0.1) is 0 Å². The number of rotatable bonds is 6. The van der Waals surface area contributed by atoms with Crippen LogP contribution in [0, 0.1) is 26.7 Å². The number of carbonyl (C=O) groups is 2. The topological polar surface area (TPSA) is 85.6 Å². The number of esters is 1. The van der Waals surface area contributed by atoms with Crippen LogP contribution in [0.1, 0.15) is 42.9 Å². The highest BCUT2D eigenvalue weighted by atomic mass is 16.5. The normalized spacial score (nSPS) is 12.4. The molecule has 0 aliphatic rings. The molecular weight excluding hydrogens is 320 g/mol. The summed E-state index contributed by atoms with van der Waals surface area (Å²) in [5.74, 6) is -0.643. The van der Waals surface area contributed by atoms with Gasteiger partial charge in [0.2, 0.25) is 5.91 Å². The molecule has 1 amide bonds. The van der Waals surface area contributed by atoms with Gasteiger partial charge in [-0.3, -0.25) is 4.79 Å². The highest BCUT2D eigenvalue weighted by Crippen LogP contribution is 2.17. The minimum Gasteiger partial charge on any atom is -0.467 e. The first-order valence-corrected chi connectivity index (χ1v) is 8.44. The lowest BCUT2D eigenvalue weighted by atomic mass is 10.0. The average molecular weight is 346 g/mol. The summed E-state index contributed by atoms with van der Waals surface area (Å²) in [7, 11) is 1.32. The molecule has 1 atom stereocenters. The molecule has 0 spiro atoms. The maximum atomic E-state index is 12.3. The Morgan fingerprint density at radius 3 is 2.56 bits per heavy atom. The van der Waals surface area contributed by atoms with Crippen molar-refractivity contribution in [2.24, 2.45) is 5.92 Å². The summed E-state index contributed by atoms with van der Waals surface area (Å²) >= 11 is 0. The number of hydrogen-bond acceptors (Lipinski definition) is 5. The number of aromatic nitrogens is 3. The molecule has 2 aromatic rings. The molecule has 0 saturated heterocycles. The second-order valence-corrected chi connectivity index (χ2v) is 6.63. The molecule has 25 heavy (non-hydrogen) atoms. The van der Waals surface area contributed by atoms with Crippen molar-refractivity contribution in [2.45, 2.75) is 53.5 Å². The number of nitrogens with zero attached hydrogens (tertiary/aromatic N) is 3. The van der Waals surface area contributed by atoms with E-state index in [1.807, 2.05) is 40.7 Å². The first-order chi connectivity index (χ1) is 11.7. The van der Waals surface area contributed by atoms with Crippen molar-refractivity contribution >= 4 is 17.5 Å². The zero-order valence-electron chi connectivity index (χ0n) is 15.7. The zero-order chi connectivity index (χ0) is 18.7. The lowest BCUT2D eigenvalue weighted by molar-refractivity contribution is -0.146. The van der Waals surface area contributed by atoms with E-state index >= 15 is 0 Å². The van der Waals surface area contributed by atoms with Crippen LogP contribution in [0.3, 0.4) is 0 Å². The number of ether oxygens (including phenoxy) is 1. The van der Waals surface area contributed by atoms with Crippen molar-refractivity contribution in [3.8, 4) is 0 Å². The van der Waals surface area contributed by atoms with E-state index < -0.39 is 12.0 Å². The molecule has 0 unspecified atom stereocenters. The number of aryl methyl sites for hydroxylation is 3. The lowest BCUT2D eigenvalue weighted by Crippen LogP contribution is -2.45. The molecule has 136 valence electrons. The van der Waals surface area contributed by atoms with E-state index in [0.29, 0.717) is 6.42 Å². The van der Waals surface area contributed by atoms with E-state index in [-0.39, 0.29) is 18.2 Å². The van der Waals surface area contributed by atoms with E-state index in [1.54, 1.807) is 4.52 Å². The third-order valence-corrected chi connectivity index (χ3v) is 4.33. The second-order valence-electron chi connectivity index (χ2n) is 6.63. The predicted octanol–water partition coefficient (Wildman–Crippen LogP) is 1.90. The molecule has 0 aliphatic heterocycles. The molecule has 0 bridgehead atoms. The van der Waals surface area contributed by atoms with Crippen molar-refractivity contribution in [2.75, 3.05) is 7.11 Å². The number of carbonyl (C=O) groups excluding carboxylic acids is 2. The quantitative estimate of drug-likeness (QED) is 0.808. The summed E-state index contributed by atoms with van der Waals surface area (Å²) in [6.45, 7) is 9.58. The largest absolute Gasteiger partial charge is 0.467 e. The van der Waals surface area contributed by atoms with Gasteiger partial charge in [0.15, 0.2) is 5.65 Å². The van der Waals surface area contributed by atoms with Crippen molar-refractivity contribution in [3.05, 3.63) is 28.7 Å². The summed E-state index contributed by atoms with van der Waals surface area (Å²) in [4.78, 5) is 28.6. The average Bonchev–Trinajstić information content (AvgIpc) is 2.91. The Hall–Kier alpha value is -2.44. The number of hydrogen-bond donors (Lipinski definition) is 1. The third kappa shape index (κ3) is 4.15. The number of amides is 1. The van der Waals surface area contributed by atoms with Crippen LogP contribution in [0.15, 0.2) is 6.07 Å². The zero-order valence-corrected chi connectivity index (χ0v) is 15.7. The summed E-state index contributed by atoms with van der Waals surface area (Å²) in [6, 6.07) is 1.30. The number of methoxy groups -OCH3 is 1. The van der Waals surface area contributed by atoms with Gasteiger partial charge in [-0.2, -0.15) is 5.10 Å². The summed E-state index contributed by atoms with van der Waals surface area (Å²) < 4.78 is 6.56. The van der Waals surface area contributed by atoms with Crippen LogP contribution < -0.4 is 5.32 Å². The molecule has 7 nitrogen and oxygen atoms in total. The van der Waals surface area contributed by atoms with E-state index in [2.05, 4.69) is 15.4 Å². The highest BCUT2D eigenvalue weighted by molar-refractivity contribution is 5.84. The Kier molecular flexibility index (Phi) is 5.77. The monoisotopic (exact) mass is 346 g/mol. The molecule has 2 heterocycles. The van der Waals surface area contributed by atoms with Gasteiger partial charge in [0.05, 0.1) is 12.8 Å². The molecule has 0 aromatic carbocycles. The van der Waals surface area contributed by atoms with Crippen molar-refractivity contribution in [1.29, 1.82) is 0 Å². The fraction of sp³-hybridized carbons (Fsp3) is 0.556. The summed E-state index contributed by atoms with van der Waals surface area (Å²) in [5.41, 5.74) is 4.60. The highest BCUT2D eigenvalue weighted by Gasteiger charge is 2.25. The minimum absolute atomic E-state index is 0.0371. The van der Waals surface area contributed by atoms with Crippen LogP contribution >= 0.6 is 0 Å². The molecule has 2 aromatic heterocycles. The molecule has 2 rings (SSSR count). The molecular formula is C18H26N4O3. The SMILES string of the molecule is COC(=O)[C@@H](NC(=O)CCc1c(C)nc2cc(C)nn2c1C)C(C)C.